The number of thiophene rings is 1. The van der Waals surface area contributed by atoms with E-state index >= 15 is 0 Å². The molecule has 5 nitrogen and oxygen atoms in total. The highest BCUT2D eigenvalue weighted by Gasteiger charge is 2.21. The van der Waals surface area contributed by atoms with Crippen LogP contribution in [0.3, 0.4) is 0 Å². The summed E-state index contributed by atoms with van der Waals surface area (Å²) in [6.45, 7) is 1.57. The largest absolute Gasteiger partial charge is 0.368 e. The maximum atomic E-state index is 12.4. The minimum absolute atomic E-state index is 0.517. The summed E-state index contributed by atoms with van der Waals surface area (Å²) in [6, 6.07) is 10.3. The molecule has 2 heterocycles. The zero-order valence-electron chi connectivity index (χ0n) is 11.6. The number of hydrogen-bond acceptors (Lipinski definition) is 4. The van der Waals surface area contributed by atoms with Gasteiger partial charge in [-0.3, -0.25) is 9.36 Å². The van der Waals surface area contributed by atoms with Crippen LogP contribution in [0.15, 0.2) is 41.2 Å². The normalized spacial score (nSPS) is 12.5. The Morgan fingerprint density at radius 3 is 2.68 bits per heavy atom. The fraction of sp³-hybridized carbons (Fsp3) is 0.133. The zero-order valence-corrected chi connectivity index (χ0v) is 13.2. The Morgan fingerprint density at radius 2 is 2.05 bits per heavy atom. The van der Waals surface area contributed by atoms with Crippen LogP contribution >= 0.6 is 22.9 Å². The fourth-order valence-electron chi connectivity index (χ4n) is 2.28. The van der Waals surface area contributed by atoms with Crippen LogP contribution in [-0.4, -0.2) is 15.5 Å². The van der Waals surface area contributed by atoms with Crippen molar-refractivity contribution in [1.29, 1.82) is 0 Å². The standard InChI is InChI=1S/C15H12ClN3O2S/c1-8(13(17)20)19-14-10(7-11(16)22-14)12(18-15(19)21)9-5-3-2-4-6-9/h2-8H,1H3,(H2,17,20). The minimum Gasteiger partial charge on any atom is -0.368 e. The van der Waals surface area contributed by atoms with Gasteiger partial charge in [-0.2, -0.15) is 4.98 Å². The Balaban J connectivity index is 2.37. The number of fused-ring (bicyclic) bond motifs is 1. The molecule has 2 aromatic heterocycles. The molecule has 0 saturated heterocycles. The number of aromatic nitrogens is 2. The van der Waals surface area contributed by atoms with Gasteiger partial charge in [0.2, 0.25) is 5.91 Å². The first-order valence-corrected chi connectivity index (χ1v) is 7.75. The summed E-state index contributed by atoms with van der Waals surface area (Å²) >= 11 is 7.34. The van der Waals surface area contributed by atoms with Gasteiger partial charge in [0, 0.05) is 10.9 Å². The number of primary amides is 1. The second kappa shape index (κ2) is 5.55. The Labute approximate surface area is 135 Å². The van der Waals surface area contributed by atoms with E-state index in [0.29, 0.717) is 14.9 Å². The van der Waals surface area contributed by atoms with Crippen molar-refractivity contribution >= 4 is 39.1 Å². The number of carbonyl (C=O) groups is 1. The van der Waals surface area contributed by atoms with Gasteiger partial charge in [0.05, 0.1) is 10.0 Å². The second-order valence-electron chi connectivity index (χ2n) is 4.83. The quantitative estimate of drug-likeness (QED) is 0.800. The number of hydrogen-bond donors (Lipinski definition) is 1. The Bertz CT molecular complexity index is 918. The number of carbonyl (C=O) groups excluding carboxylic acids is 1. The lowest BCUT2D eigenvalue weighted by Crippen LogP contribution is -2.33. The van der Waals surface area contributed by atoms with Crippen molar-refractivity contribution < 1.29 is 4.79 Å². The molecular formula is C15H12ClN3O2S. The van der Waals surface area contributed by atoms with Crippen molar-refractivity contribution in [2.24, 2.45) is 5.73 Å². The predicted octanol–water partition coefficient (Wildman–Crippen LogP) is 2.82. The van der Waals surface area contributed by atoms with Crippen molar-refractivity contribution in [3.8, 4) is 11.3 Å². The third-order valence-electron chi connectivity index (χ3n) is 3.42. The Morgan fingerprint density at radius 1 is 1.36 bits per heavy atom. The van der Waals surface area contributed by atoms with Crippen LogP contribution in [-0.2, 0) is 4.79 Å². The van der Waals surface area contributed by atoms with E-state index in [0.717, 1.165) is 10.9 Å². The molecule has 0 spiro atoms. The number of amides is 1. The van der Waals surface area contributed by atoms with Crippen molar-refractivity contribution in [3.05, 3.63) is 51.2 Å². The minimum atomic E-state index is -0.790. The summed E-state index contributed by atoms with van der Waals surface area (Å²) in [7, 11) is 0. The summed E-state index contributed by atoms with van der Waals surface area (Å²) in [5, 5.41) is 0.730. The Kier molecular flexibility index (Phi) is 3.72. The molecule has 0 aliphatic heterocycles. The van der Waals surface area contributed by atoms with Gasteiger partial charge in [-0.15, -0.1) is 11.3 Å². The van der Waals surface area contributed by atoms with Gasteiger partial charge < -0.3 is 5.73 Å². The number of benzene rings is 1. The van der Waals surface area contributed by atoms with Crippen LogP contribution in [0.1, 0.15) is 13.0 Å². The van der Waals surface area contributed by atoms with Crippen LogP contribution < -0.4 is 11.4 Å². The van der Waals surface area contributed by atoms with E-state index in [4.69, 9.17) is 17.3 Å². The van der Waals surface area contributed by atoms with E-state index < -0.39 is 17.6 Å². The van der Waals surface area contributed by atoms with E-state index in [2.05, 4.69) is 4.98 Å². The molecule has 22 heavy (non-hydrogen) atoms. The SMILES string of the molecule is CC(C(N)=O)n1c(=O)nc(-c2ccccc2)c2cc(Cl)sc21. The number of rotatable bonds is 3. The molecule has 0 radical (unpaired) electrons. The van der Waals surface area contributed by atoms with Gasteiger partial charge in [-0.05, 0) is 13.0 Å². The van der Waals surface area contributed by atoms with Crippen LogP contribution in [0.4, 0.5) is 0 Å². The maximum absolute atomic E-state index is 12.4. The molecule has 2 N–H and O–H groups in total. The number of nitrogens with two attached hydrogens (primary N) is 1. The highest BCUT2D eigenvalue weighted by atomic mass is 35.5. The smallest absolute Gasteiger partial charge is 0.349 e. The predicted molar refractivity (Wildman–Crippen MR) is 88.2 cm³/mol. The summed E-state index contributed by atoms with van der Waals surface area (Å²) in [5.41, 5.74) is 6.18. The van der Waals surface area contributed by atoms with Crippen LogP contribution in [0, 0.1) is 0 Å². The van der Waals surface area contributed by atoms with Gasteiger partial charge in [-0.1, -0.05) is 41.9 Å². The summed E-state index contributed by atoms with van der Waals surface area (Å²) in [6.07, 6.45) is 0. The van der Waals surface area contributed by atoms with E-state index in [9.17, 15) is 9.59 Å². The van der Waals surface area contributed by atoms with Crippen molar-refractivity contribution in [3.63, 3.8) is 0 Å². The lowest BCUT2D eigenvalue weighted by atomic mass is 10.1. The molecule has 1 atom stereocenters. The lowest BCUT2D eigenvalue weighted by molar-refractivity contribution is -0.120. The third kappa shape index (κ3) is 2.40. The molecule has 3 aromatic rings. The van der Waals surface area contributed by atoms with Gasteiger partial charge in [0.15, 0.2) is 0 Å². The summed E-state index contributed by atoms with van der Waals surface area (Å²) < 4.78 is 1.81. The molecule has 1 unspecified atom stereocenters. The van der Waals surface area contributed by atoms with Crippen LogP contribution in [0.2, 0.25) is 4.34 Å². The molecule has 0 bridgehead atoms. The summed E-state index contributed by atoms with van der Waals surface area (Å²) in [5.74, 6) is -0.595. The molecule has 112 valence electrons. The highest BCUT2D eigenvalue weighted by molar-refractivity contribution is 7.22. The molecular weight excluding hydrogens is 322 g/mol. The molecule has 3 rings (SSSR count). The molecule has 1 amide bonds. The monoisotopic (exact) mass is 333 g/mol. The average Bonchev–Trinajstić information content (AvgIpc) is 2.87. The van der Waals surface area contributed by atoms with E-state index in [-0.39, 0.29) is 0 Å². The molecule has 0 aliphatic rings. The number of nitrogens with zero attached hydrogens (tertiary/aromatic N) is 2. The highest BCUT2D eigenvalue weighted by Crippen LogP contribution is 2.35. The zero-order chi connectivity index (χ0) is 15.9. The summed E-state index contributed by atoms with van der Waals surface area (Å²) in [4.78, 5) is 28.6. The van der Waals surface area contributed by atoms with Crippen LogP contribution in [0.25, 0.3) is 21.5 Å². The van der Waals surface area contributed by atoms with E-state index in [1.807, 2.05) is 30.3 Å². The molecule has 1 aromatic carbocycles. The van der Waals surface area contributed by atoms with Crippen LogP contribution in [0.5, 0.6) is 0 Å². The van der Waals surface area contributed by atoms with E-state index in [1.165, 1.54) is 15.9 Å². The molecule has 7 heteroatoms. The first kappa shape index (κ1) is 14.7. The van der Waals surface area contributed by atoms with Gasteiger partial charge >= 0.3 is 5.69 Å². The van der Waals surface area contributed by atoms with E-state index in [1.54, 1.807) is 13.0 Å². The number of halogens is 1. The first-order chi connectivity index (χ1) is 10.5. The van der Waals surface area contributed by atoms with Gasteiger partial charge in [-0.25, -0.2) is 4.79 Å². The maximum Gasteiger partial charge on any atom is 0.349 e. The van der Waals surface area contributed by atoms with Crippen molar-refractivity contribution in [1.82, 2.24) is 9.55 Å². The molecule has 0 aliphatic carbocycles. The fourth-order valence-corrected chi connectivity index (χ4v) is 3.57. The van der Waals surface area contributed by atoms with Gasteiger partial charge in [0.1, 0.15) is 10.9 Å². The average molecular weight is 334 g/mol. The first-order valence-electron chi connectivity index (χ1n) is 6.55. The van der Waals surface area contributed by atoms with Gasteiger partial charge in [0.25, 0.3) is 0 Å². The van der Waals surface area contributed by atoms with Crippen molar-refractivity contribution in [2.75, 3.05) is 0 Å². The topological polar surface area (TPSA) is 78.0 Å². The Hall–Kier alpha value is -2.18. The lowest BCUT2D eigenvalue weighted by Gasteiger charge is -2.13. The second-order valence-corrected chi connectivity index (χ2v) is 6.49. The third-order valence-corrected chi connectivity index (χ3v) is 4.68. The molecule has 0 fully saturated rings. The molecule has 0 saturated carbocycles. The van der Waals surface area contributed by atoms with Crippen molar-refractivity contribution in [2.45, 2.75) is 13.0 Å².